The average molecular weight is 323 g/mol. The smallest absolute Gasteiger partial charge is 0.243 e. The largest absolute Gasteiger partial charge is 0.376 e. The highest BCUT2D eigenvalue weighted by Gasteiger charge is 2.29. The first-order valence-electron chi connectivity index (χ1n) is 8.11. The van der Waals surface area contributed by atoms with Crippen molar-refractivity contribution >= 4 is 28.9 Å². The first-order chi connectivity index (χ1) is 11.6. The predicted molar refractivity (Wildman–Crippen MR) is 96.1 cm³/mol. The summed E-state index contributed by atoms with van der Waals surface area (Å²) in [5, 5.41) is 8.79. The quantitative estimate of drug-likeness (QED) is 0.763. The van der Waals surface area contributed by atoms with Gasteiger partial charge in [0.2, 0.25) is 11.8 Å². The van der Waals surface area contributed by atoms with Gasteiger partial charge in [0.05, 0.1) is 6.54 Å². The fraction of sp³-hybridized carbons (Fsp3) is 0.263. The summed E-state index contributed by atoms with van der Waals surface area (Å²) in [5.74, 6) is 0.173. The van der Waals surface area contributed by atoms with E-state index in [-0.39, 0.29) is 24.3 Å². The number of hydrogen-bond acceptors (Lipinski definition) is 3. The highest BCUT2D eigenvalue weighted by atomic mass is 16.2. The molecule has 0 radical (unpaired) electrons. The minimum Gasteiger partial charge on any atom is -0.376 e. The van der Waals surface area contributed by atoms with Crippen LogP contribution >= 0.6 is 0 Å². The number of carbonyl (C=O) groups is 2. The van der Waals surface area contributed by atoms with E-state index in [4.69, 9.17) is 0 Å². The van der Waals surface area contributed by atoms with Crippen molar-refractivity contribution in [1.82, 2.24) is 0 Å². The van der Waals surface area contributed by atoms with E-state index < -0.39 is 0 Å². The van der Waals surface area contributed by atoms with Crippen LogP contribution in [0.4, 0.5) is 17.1 Å². The fourth-order valence-electron chi connectivity index (χ4n) is 2.29. The molecule has 24 heavy (non-hydrogen) atoms. The summed E-state index contributed by atoms with van der Waals surface area (Å²) in [6.07, 6.45) is 1.98. The molecule has 0 unspecified atom stereocenters. The Balaban J connectivity index is 1.46. The topological polar surface area (TPSA) is 70.2 Å². The molecule has 0 aliphatic heterocycles. The summed E-state index contributed by atoms with van der Waals surface area (Å²) in [6.45, 7) is 2.19. The van der Waals surface area contributed by atoms with Crippen molar-refractivity contribution in [1.29, 1.82) is 0 Å². The first-order valence-corrected chi connectivity index (χ1v) is 8.11. The van der Waals surface area contributed by atoms with Gasteiger partial charge in [-0.05, 0) is 56.2 Å². The number of anilines is 3. The van der Waals surface area contributed by atoms with E-state index in [0.29, 0.717) is 0 Å². The Bertz CT molecular complexity index is 719. The Labute approximate surface area is 141 Å². The maximum absolute atomic E-state index is 11.9. The molecule has 0 bridgehead atoms. The molecule has 1 aliphatic rings. The van der Waals surface area contributed by atoms with E-state index >= 15 is 0 Å². The standard InChI is InChI=1S/C19H21N3O2/c1-13-2-6-16(7-3-13)21-18(23)12-20-15-8-10-17(11-9-15)22-19(24)14-4-5-14/h2-3,6-11,14,20H,4-5,12H2,1H3,(H,21,23)(H,22,24). The molecule has 5 heteroatoms. The van der Waals surface area contributed by atoms with E-state index in [9.17, 15) is 9.59 Å². The van der Waals surface area contributed by atoms with Gasteiger partial charge >= 0.3 is 0 Å². The maximum Gasteiger partial charge on any atom is 0.243 e. The number of benzene rings is 2. The molecule has 0 spiro atoms. The second-order valence-corrected chi connectivity index (χ2v) is 6.11. The number of rotatable bonds is 6. The summed E-state index contributed by atoms with van der Waals surface area (Å²) in [4.78, 5) is 23.6. The van der Waals surface area contributed by atoms with Gasteiger partial charge in [0, 0.05) is 23.0 Å². The summed E-state index contributed by atoms with van der Waals surface area (Å²) >= 11 is 0. The van der Waals surface area contributed by atoms with Crippen LogP contribution in [0.15, 0.2) is 48.5 Å². The molecule has 1 saturated carbocycles. The van der Waals surface area contributed by atoms with Gasteiger partial charge in [0.15, 0.2) is 0 Å². The summed E-state index contributed by atoms with van der Waals surface area (Å²) in [7, 11) is 0. The average Bonchev–Trinajstić information content (AvgIpc) is 3.41. The van der Waals surface area contributed by atoms with Gasteiger partial charge in [-0.2, -0.15) is 0 Å². The number of hydrogen-bond donors (Lipinski definition) is 3. The zero-order valence-electron chi connectivity index (χ0n) is 13.6. The van der Waals surface area contributed by atoms with Crippen LogP contribution in [0.2, 0.25) is 0 Å². The lowest BCUT2D eigenvalue weighted by molar-refractivity contribution is -0.117. The normalized spacial score (nSPS) is 13.2. The van der Waals surface area contributed by atoms with Crippen molar-refractivity contribution in [2.75, 3.05) is 22.5 Å². The molecule has 124 valence electrons. The SMILES string of the molecule is Cc1ccc(NC(=O)CNc2ccc(NC(=O)C3CC3)cc2)cc1. The monoisotopic (exact) mass is 323 g/mol. The van der Waals surface area contributed by atoms with Gasteiger partial charge in [-0.3, -0.25) is 9.59 Å². The molecule has 3 N–H and O–H groups in total. The Morgan fingerprint density at radius 1 is 0.875 bits per heavy atom. The van der Waals surface area contributed by atoms with Crippen LogP contribution in [0.3, 0.4) is 0 Å². The third kappa shape index (κ3) is 4.59. The molecule has 2 aromatic rings. The summed E-state index contributed by atoms with van der Waals surface area (Å²) in [5.41, 5.74) is 3.55. The molecular formula is C19H21N3O2. The van der Waals surface area contributed by atoms with Crippen molar-refractivity contribution in [3.8, 4) is 0 Å². The van der Waals surface area contributed by atoms with Crippen LogP contribution in [-0.4, -0.2) is 18.4 Å². The Morgan fingerprint density at radius 2 is 1.42 bits per heavy atom. The molecule has 1 fully saturated rings. The lowest BCUT2D eigenvalue weighted by atomic mass is 10.2. The van der Waals surface area contributed by atoms with Crippen LogP contribution in [0.1, 0.15) is 18.4 Å². The van der Waals surface area contributed by atoms with Crippen molar-refractivity contribution in [3.05, 3.63) is 54.1 Å². The van der Waals surface area contributed by atoms with Gasteiger partial charge in [0.25, 0.3) is 0 Å². The molecule has 0 aromatic heterocycles. The van der Waals surface area contributed by atoms with E-state index in [1.165, 1.54) is 0 Å². The zero-order valence-corrected chi connectivity index (χ0v) is 13.6. The van der Waals surface area contributed by atoms with Crippen molar-refractivity contribution < 1.29 is 9.59 Å². The zero-order chi connectivity index (χ0) is 16.9. The molecule has 0 saturated heterocycles. The molecule has 0 heterocycles. The van der Waals surface area contributed by atoms with Crippen molar-refractivity contribution in [2.24, 2.45) is 5.92 Å². The molecule has 2 aromatic carbocycles. The third-order valence-corrected chi connectivity index (χ3v) is 3.89. The number of amides is 2. The van der Waals surface area contributed by atoms with Crippen LogP contribution in [0.25, 0.3) is 0 Å². The molecule has 5 nitrogen and oxygen atoms in total. The number of carbonyl (C=O) groups excluding carboxylic acids is 2. The Kier molecular flexibility index (Phi) is 4.79. The van der Waals surface area contributed by atoms with Crippen molar-refractivity contribution in [2.45, 2.75) is 19.8 Å². The maximum atomic E-state index is 11.9. The molecule has 1 aliphatic carbocycles. The van der Waals surface area contributed by atoms with E-state index in [1.807, 2.05) is 55.5 Å². The van der Waals surface area contributed by atoms with Gasteiger partial charge in [-0.1, -0.05) is 17.7 Å². The van der Waals surface area contributed by atoms with E-state index in [2.05, 4.69) is 16.0 Å². The van der Waals surface area contributed by atoms with Gasteiger partial charge < -0.3 is 16.0 Å². The first kappa shape index (κ1) is 16.1. The fourth-order valence-corrected chi connectivity index (χ4v) is 2.29. The van der Waals surface area contributed by atoms with Crippen LogP contribution < -0.4 is 16.0 Å². The molecule has 0 atom stereocenters. The summed E-state index contributed by atoms with van der Waals surface area (Å²) in [6, 6.07) is 15.0. The molecule has 3 rings (SSSR count). The Hall–Kier alpha value is -2.82. The lowest BCUT2D eigenvalue weighted by Gasteiger charge is -2.09. The minimum absolute atomic E-state index is 0.0909. The van der Waals surface area contributed by atoms with Crippen LogP contribution in [0, 0.1) is 12.8 Å². The van der Waals surface area contributed by atoms with E-state index in [1.54, 1.807) is 0 Å². The molecular weight excluding hydrogens is 302 g/mol. The summed E-state index contributed by atoms with van der Waals surface area (Å²) < 4.78 is 0. The highest BCUT2D eigenvalue weighted by Crippen LogP contribution is 2.30. The Morgan fingerprint density at radius 3 is 2.04 bits per heavy atom. The van der Waals surface area contributed by atoms with Gasteiger partial charge in [-0.15, -0.1) is 0 Å². The second-order valence-electron chi connectivity index (χ2n) is 6.11. The second kappa shape index (κ2) is 7.17. The number of aryl methyl sites for hydroxylation is 1. The van der Waals surface area contributed by atoms with Crippen molar-refractivity contribution in [3.63, 3.8) is 0 Å². The van der Waals surface area contributed by atoms with E-state index in [0.717, 1.165) is 35.5 Å². The highest BCUT2D eigenvalue weighted by molar-refractivity contribution is 5.95. The third-order valence-electron chi connectivity index (χ3n) is 3.89. The number of nitrogens with one attached hydrogen (secondary N) is 3. The minimum atomic E-state index is -0.107. The molecule has 2 amide bonds. The predicted octanol–water partition coefficient (Wildman–Crippen LogP) is 3.39. The lowest BCUT2D eigenvalue weighted by Crippen LogP contribution is -2.21. The van der Waals surface area contributed by atoms with Gasteiger partial charge in [0.1, 0.15) is 0 Å². The van der Waals surface area contributed by atoms with Crippen LogP contribution in [-0.2, 0) is 9.59 Å². The van der Waals surface area contributed by atoms with Gasteiger partial charge in [-0.25, -0.2) is 0 Å². The van der Waals surface area contributed by atoms with Crippen LogP contribution in [0.5, 0.6) is 0 Å².